The van der Waals surface area contributed by atoms with E-state index in [4.69, 9.17) is 9.47 Å². The first-order valence-corrected chi connectivity index (χ1v) is 12.0. The summed E-state index contributed by atoms with van der Waals surface area (Å²) in [5.41, 5.74) is 0. The molecule has 0 amide bonds. The Labute approximate surface area is 181 Å². The second kappa shape index (κ2) is 13.5. The molecule has 0 bridgehead atoms. The molecule has 5 heteroatoms. The number of rotatable bonds is 14. The minimum Gasteiger partial charge on any atom is -0.487 e. The maximum atomic E-state index is 6.22. The Balaban J connectivity index is 2.68. The molecule has 2 unspecified atom stereocenters. The van der Waals surface area contributed by atoms with Crippen molar-refractivity contribution in [3.05, 3.63) is 7.40 Å². The summed E-state index contributed by atoms with van der Waals surface area (Å²) in [5.74, 6) is 3.07. The maximum Gasteiger partial charge on any atom is 0.193 e. The summed E-state index contributed by atoms with van der Waals surface area (Å²) in [7, 11) is 0. The van der Waals surface area contributed by atoms with Crippen molar-refractivity contribution >= 4 is 45.2 Å². The van der Waals surface area contributed by atoms with Gasteiger partial charge in [0.2, 0.25) is 0 Å². The zero-order chi connectivity index (χ0) is 18.7. The summed E-state index contributed by atoms with van der Waals surface area (Å²) in [6.07, 6.45) is 9.89. The number of nitrogens with one attached hydrogen (secondary N) is 1. The monoisotopic (exact) mass is 575 g/mol. The van der Waals surface area contributed by atoms with Crippen LogP contribution in [-0.2, 0) is 0 Å². The highest BCUT2D eigenvalue weighted by Gasteiger charge is 2.20. The number of hydrogen-bond donors (Lipinski definition) is 1. The summed E-state index contributed by atoms with van der Waals surface area (Å²) >= 11 is 4.64. The molecule has 25 heavy (non-hydrogen) atoms. The van der Waals surface area contributed by atoms with E-state index in [-0.39, 0.29) is 0 Å². The Bertz CT molecular complexity index is 436. The first-order valence-electron chi connectivity index (χ1n) is 9.89. The Hall–Kier alpha value is 0.340. The molecule has 146 valence electrons. The van der Waals surface area contributed by atoms with Gasteiger partial charge >= 0.3 is 0 Å². The van der Waals surface area contributed by atoms with Gasteiger partial charge in [-0.05, 0) is 69.9 Å². The molecule has 1 aromatic heterocycles. The van der Waals surface area contributed by atoms with Gasteiger partial charge in [-0.15, -0.1) is 0 Å². The normalized spacial score (nSPS) is 13.7. The molecule has 0 aromatic carbocycles. The van der Waals surface area contributed by atoms with E-state index in [9.17, 15) is 0 Å². The van der Waals surface area contributed by atoms with Crippen molar-refractivity contribution in [3.63, 3.8) is 0 Å². The topological polar surface area (TPSA) is 34.2 Å². The predicted molar refractivity (Wildman–Crippen MR) is 124 cm³/mol. The van der Waals surface area contributed by atoms with Crippen molar-refractivity contribution < 1.29 is 9.47 Å². The summed E-state index contributed by atoms with van der Waals surface area (Å²) in [6, 6.07) is 0. The van der Waals surface area contributed by atoms with Crippen molar-refractivity contribution in [3.8, 4) is 11.5 Å². The maximum absolute atomic E-state index is 6.22. The van der Waals surface area contributed by atoms with E-state index in [1.165, 1.54) is 51.4 Å². The van der Waals surface area contributed by atoms with E-state index in [0.29, 0.717) is 11.8 Å². The highest BCUT2D eigenvalue weighted by atomic mass is 127. The first-order chi connectivity index (χ1) is 12.1. The molecule has 0 aliphatic rings. The molecule has 0 saturated carbocycles. The summed E-state index contributed by atoms with van der Waals surface area (Å²) in [5, 5.41) is 0. The smallest absolute Gasteiger partial charge is 0.193 e. The Morgan fingerprint density at radius 1 is 0.760 bits per heavy atom. The molecular weight excluding hydrogens is 540 g/mol. The van der Waals surface area contributed by atoms with Gasteiger partial charge in [0, 0.05) is 0 Å². The number of aromatic amines is 1. The average molecular weight is 575 g/mol. The van der Waals surface area contributed by atoms with Crippen LogP contribution in [0.1, 0.15) is 79.1 Å². The van der Waals surface area contributed by atoms with Crippen LogP contribution in [0.2, 0.25) is 0 Å². The lowest BCUT2D eigenvalue weighted by molar-refractivity contribution is 0.199. The van der Waals surface area contributed by atoms with Crippen LogP contribution in [0.3, 0.4) is 0 Å². The minimum atomic E-state index is 0.629. The Morgan fingerprint density at radius 2 is 1.16 bits per heavy atom. The zero-order valence-electron chi connectivity index (χ0n) is 16.3. The molecule has 1 rings (SSSR count). The molecule has 0 fully saturated rings. The molecule has 0 aliphatic heterocycles. The third kappa shape index (κ3) is 8.26. The van der Waals surface area contributed by atoms with Crippen LogP contribution in [0.15, 0.2) is 0 Å². The van der Waals surface area contributed by atoms with Gasteiger partial charge in [-0.2, -0.15) is 0 Å². The van der Waals surface area contributed by atoms with Crippen LogP contribution in [-0.4, -0.2) is 18.2 Å². The van der Waals surface area contributed by atoms with Crippen LogP contribution < -0.4 is 9.47 Å². The third-order valence-corrected chi connectivity index (χ3v) is 6.36. The molecule has 1 aromatic rings. The number of aromatic nitrogens is 1. The molecule has 0 aliphatic carbocycles. The molecule has 0 saturated heterocycles. The van der Waals surface area contributed by atoms with Crippen molar-refractivity contribution in [1.29, 1.82) is 0 Å². The van der Waals surface area contributed by atoms with Crippen LogP contribution in [0, 0.1) is 19.2 Å². The van der Waals surface area contributed by atoms with Crippen molar-refractivity contribution in [1.82, 2.24) is 4.98 Å². The highest BCUT2D eigenvalue weighted by molar-refractivity contribution is 14.1. The fourth-order valence-corrected chi connectivity index (χ4v) is 4.72. The zero-order valence-corrected chi connectivity index (χ0v) is 20.6. The standard InChI is InChI=1S/C20H35I2NO2/c1-5-9-11-15(7-3)13-24-17-18(20(22)23-19(17)21)25-14-16(8-4)12-10-6-2/h15-16,23H,5-14H2,1-4H3. The van der Waals surface area contributed by atoms with E-state index in [0.717, 1.165) is 32.1 Å². The van der Waals surface area contributed by atoms with Gasteiger partial charge in [0.25, 0.3) is 0 Å². The summed E-state index contributed by atoms with van der Waals surface area (Å²) in [4.78, 5) is 3.37. The van der Waals surface area contributed by atoms with E-state index in [1.807, 2.05) is 0 Å². The molecular formula is C20H35I2NO2. The van der Waals surface area contributed by atoms with Gasteiger partial charge in [-0.1, -0.05) is 66.2 Å². The number of ether oxygens (including phenoxy) is 2. The van der Waals surface area contributed by atoms with Gasteiger partial charge in [0.1, 0.15) is 7.40 Å². The quantitative estimate of drug-likeness (QED) is 0.235. The van der Waals surface area contributed by atoms with Crippen LogP contribution in [0.25, 0.3) is 0 Å². The number of halogens is 2. The molecule has 0 radical (unpaired) electrons. The van der Waals surface area contributed by atoms with Gasteiger partial charge in [0.05, 0.1) is 13.2 Å². The van der Waals surface area contributed by atoms with Crippen LogP contribution in [0.4, 0.5) is 0 Å². The van der Waals surface area contributed by atoms with E-state index in [1.54, 1.807) is 0 Å². The fraction of sp³-hybridized carbons (Fsp3) is 0.800. The van der Waals surface area contributed by atoms with Gasteiger partial charge in [-0.3, -0.25) is 0 Å². The van der Waals surface area contributed by atoms with Gasteiger partial charge in [-0.25, -0.2) is 0 Å². The van der Waals surface area contributed by atoms with E-state index >= 15 is 0 Å². The minimum absolute atomic E-state index is 0.629. The summed E-state index contributed by atoms with van der Waals surface area (Å²) in [6.45, 7) is 10.6. The Morgan fingerprint density at radius 3 is 1.48 bits per heavy atom. The number of hydrogen-bond acceptors (Lipinski definition) is 2. The van der Waals surface area contributed by atoms with E-state index < -0.39 is 0 Å². The summed E-state index contributed by atoms with van der Waals surface area (Å²) < 4.78 is 14.5. The van der Waals surface area contributed by atoms with Crippen LogP contribution in [0.5, 0.6) is 11.5 Å². The first kappa shape index (κ1) is 23.4. The van der Waals surface area contributed by atoms with Crippen molar-refractivity contribution in [2.24, 2.45) is 11.8 Å². The molecule has 1 N–H and O–H groups in total. The SMILES string of the molecule is CCCCC(CC)COc1c(I)[nH]c(I)c1OCC(CC)CCCC. The third-order valence-electron chi connectivity index (χ3n) is 4.84. The van der Waals surface area contributed by atoms with Crippen molar-refractivity contribution in [2.75, 3.05) is 13.2 Å². The fourth-order valence-electron chi connectivity index (χ4n) is 2.87. The van der Waals surface area contributed by atoms with Crippen molar-refractivity contribution in [2.45, 2.75) is 79.1 Å². The number of unbranched alkanes of at least 4 members (excludes halogenated alkanes) is 2. The lowest BCUT2D eigenvalue weighted by atomic mass is 10.0. The number of H-pyrrole nitrogens is 1. The second-order valence-electron chi connectivity index (χ2n) is 6.87. The molecule has 2 atom stereocenters. The Kier molecular flexibility index (Phi) is 12.6. The molecule has 3 nitrogen and oxygen atoms in total. The average Bonchev–Trinajstić information content (AvgIpc) is 2.88. The highest BCUT2D eigenvalue weighted by Crippen LogP contribution is 2.38. The molecule has 0 spiro atoms. The largest absolute Gasteiger partial charge is 0.487 e. The van der Waals surface area contributed by atoms with Gasteiger partial charge < -0.3 is 14.5 Å². The van der Waals surface area contributed by atoms with Gasteiger partial charge in [0.15, 0.2) is 11.5 Å². The van der Waals surface area contributed by atoms with E-state index in [2.05, 4.69) is 77.9 Å². The lowest BCUT2D eigenvalue weighted by Gasteiger charge is -2.18. The molecule has 1 heterocycles. The second-order valence-corrected chi connectivity index (χ2v) is 9.02. The van der Waals surface area contributed by atoms with Crippen LogP contribution >= 0.6 is 45.2 Å². The lowest BCUT2D eigenvalue weighted by Crippen LogP contribution is -2.14. The predicted octanol–water partition coefficient (Wildman–Crippen LogP) is 7.41.